The second kappa shape index (κ2) is 3.43. The highest BCUT2D eigenvalue weighted by Gasteiger charge is 2.07. The van der Waals surface area contributed by atoms with Crippen molar-refractivity contribution >= 4 is 0 Å². The van der Waals surface area contributed by atoms with Crippen molar-refractivity contribution in [2.45, 2.75) is 6.42 Å². The van der Waals surface area contributed by atoms with Crippen molar-refractivity contribution in [3.63, 3.8) is 0 Å². The van der Waals surface area contributed by atoms with E-state index in [1.807, 2.05) is 0 Å². The smallest absolute Gasteiger partial charge is 0.161 e. The topological polar surface area (TPSA) is 0 Å². The summed E-state index contributed by atoms with van der Waals surface area (Å²) in [7, 11) is 0. The summed E-state index contributed by atoms with van der Waals surface area (Å²) in [5.74, 6) is -2.94. The van der Waals surface area contributed by atoms with Gasteiger partial charge in [0.15, 0.2) is 11.6 Å². The second-order valence-electron chi connectivity index (χ2n) is 2.35. The molecule has 64 valence electrons. The fourth-order valence-electron chi connectivity index (χ4n) is 0.876. The fraction of sp³-hybridized carbons (Fsp3) is 0.111. The van der Waals surface area contributed by atoms with Gasteiger partial charge in [-0.15, -0.1) is 6.58 Å². The summed E-state index contributed by atoms with van der Waals surface area (Å²) in [5, 5.41) is 0. The van der Waals surface area contributed by atoms with Crippen LogP contribution in [0.2, 0.25) is 0 Å². The molecule has 12 heavy (non-hydrogen) atoms. The molecule has 1 rings (SSSR count). The third-order valence-corrected chi connectivity index (χ3v) is 1.45. The molecule has 0 unspecified atom stereocenters. The molecular formula is C9H7F3. The normalized spacial score (nSPS) is 9.92. The lowest BCUT2D eigenvalue weighted by Crippen LogP contribution is -1.93. The zero-order valence-electron chi connectivity index (χ0n) is 6.28. The largest absolute Gasteiger partial charge is 0.207 e. The number of hydrogen-bond donors (Lipinski definition) is 0. The van der Waals surface area contributed by atoms with Crippen LogP contribution in [-0.4, -0.2) is 0 Å². The molecule has 0 fully saturated rings. The van der Waals surface area contributed by atoms with Crippen molar-refractivity contribution in [3.05, 3.63) is 47.8 Å². The van der Waals surface area contributed by atoms with E-state index in [-0.39, 0.29) is 12.0 Å². The lowest BCUT2D eigenvalue weighted by molar-refractivity contribution is 0.491. The van der Waals surface area contributed by atoms with Crippen LogP contribution in [0.1, 0.15) is 5.56 Å². The Balaban J connectivity index is 3.13. The average molecular weight is 172 g/mol. The quantitative estimate of drug-likeness (QED) is 0.475. The SMILES string of the molecule is C=CCc1cc(F)c(F)cc1F. The molecule has 0 atom stereocenters. The Hall–Kier alpha value is -1.25. The third-order valence-electron chi connectivity index (χ3n) is 1.45. The van der Waals surface area contributed by atoms with Crippen LogP contribution in [0.4, 0.5) is 13.2 Å². The van der Waals surface area contributed by atoms with Crippen LogP contribution in [0.25, 0.3) is 0 Å². The number of halogens is 3. The number of rotatable bonds is 2. The second-order valence-corrected chi connectivity index (χ2v) is 2.35. The predicted octanol–water partition coefficient (Wildman–Crippen LogP) is 2.83. The van der Waals surface area contributed by atoms with Gasteiger partial charge in [-0.2, -0.15) is 0 Å². The summed E-state index contributed by atoms with van der Waals surface area (Å²) in [6.45, 7) is 3.37. The number of hydrogen-bond acceptors (Lipinski definition) is 0. The minimum atomic E-state index is -1.17. The van der Waals surface area contributed by atoms with Gasteiger partial charge in [0, 0.05) is 6.07 Å². The van der Waals surface area contributed by atoms with Gasteiger partial charge in [0.25, 0.3) is 0 Å². The molecule has 0 aliphatic heterocycles. The highest BCUT2D eigenvalue weighted by atomic mass is 19.2. The van der Waals surface area contributed by atoms with Crippen LogP contribution >= 0.6 is 0 Å². The van der Waals surface area contributed by atoms with E-state index < -0.39 is 17.5 Å². The van der Waals surface area contributed by atoms with Crippen LogP contribution in [0.5, 0.6) is 0 Å². The molecule has 0 saturated heterocycles. The summed E-state index contributed by atoms with van der Waals surface area (Å²) >= 11 is 0. The van der Waals surface area contributed by atoms with Crippen LogP contribution in [0.3, 0.4) is 0 Å². The van der Waals surface area contributed by atoms with Crippen LogP contribution < -0.4 is 0 Å². The van der Waals surface area contributed by atoms with E-state index >= 15 is 0 Å². The first-order chi connectivity index (χ1) is 5.65. The molecule has 0 nitrogen and oxygen atoms in total. The lowest BCUT2D eigenvalue weighted by atomic mass is 10.1. The van der Waals surface area contributed by atoms with Gasteiger partial charge in [-0.1, -0.05) is 6.08 Å². The lowest BCUT2D eigenvalue weighted by Gasteiger charge is -1.99. The Morgan fingerprint density at radius 3 is 2.25 bits per heavy atom. The molecule has 0 saturated carbocycles. The first-order valence-electron chi connectivity index (χ1n) is 3.39. The van der Waals surface area contributed by atoms with Crippen LogP contribution in [0.15, 0.2) is 24.8 Å². The molecular weight excluding hydrogens is 165 g/mol. The molecule has 1 aromatic carbocycles. The van der Waals surface area contributed by atoms with E-state index in [4.69, 9.17) is 0 Å². The highest BCUT2D eigenvalue weighted by Crippen LogP contribution is 2.14. The van der Waals surface area contributed by atoms with E-state index in [0.29, 0.717) is 6.07 Å². The first-order valence-corrected chi connectivity index (χ1v) is 3.39. The monoisotopic (exact) mass is 172 g/mol. The van der Waals surface area contributed by atoms with Crippen molar-refractivity contribution in [3.8, 4) is 0 Å². The summed E-state index contributed by atoms with van der Waals surface area (Å²) in [6, 6.07) is 1.38. The van der Waals surface area contributed by atoms with E-state index in [0.717, 1.165) is 6.07 Å². The molecule has 0 N–H and O–H groups in total. The van der Waals surface area contributed by atoms with Gasteiger partial charge in [0.1, 0.15) is 5.82 Å². The van der Waals surface area contributed by atoms with Gasteiger partial charge in [-0.05, 0) is 18.1 Å². The van der Waals surface area contributed by atoms with Crippen molar-refractivity contribution < 1.29 is 13.2 Å². The molecule has 0 aromatic heterocycles. The summed E-state index contributed by atoms with van der Waals surface area (Å²) in [5.41, 5.74) is 0.115. The van der Waals surface area contributed by atoms with Crippen LogP contribution in [-0.2, 0) is 6.42 Å². The number of benzene rings is 1. The zero-order chi connectivity index (χ0) is 9.14. The number of allylic oxidation sites excluding steroid dienone is 1. The molecule has 3 heteroatoms. The van der Waals surface area contributed by atoms with Gasteiger partial charge in [0.05, 0.1) is 0 Å². The molecule has 0 spiro atoms. The average Bonchev–Trinajstić information content (AvgIpc) is 2.01. The van der Waals surface area contributed by atoms with Gasteiger partial charge in [-0.25, -0.2) is 13.2 Å². The standard InChI is InChI=1S/C9H7F3/c1-2-3-6-4-8(11)9(12)5-7(6)10/h2,4-5H,1,3H2. The van der Waals surface area contributed by atoms with E-state index in [1.54, 1.807) is 0 Å². The summed E-state index contributed by atoms with van der Waals surface area (Å²) < 4.78 is 37.6. The van der Waals surface area contributed by atoms with Gasteiger partial charge < -0.3 is 0 Å². The Kier molecular flexibility index (Phi) is 2.53. The predicted molar refractivity (Wildman–Crippen MR) is 40.2 cm³/mol. The first kappa shape index (κ1) is 8.84. The molecule has 0 aliphatic rings. The maximum atomic E-state index is 12.8. The minimum absolute atomic E-state index is 0.115. The Bertz CT molecular complexity index is 305. The maximum absolute atomic E-state index is 12.8. The molecule has 0 bridgehead atoms. The third kappa shape index (κ3) is 1.67. The van der Waals surface area contributed by atoms with Gasteiger partial charge in [0.2, 0.25) is 0 Å². The Morgan fingerprint density at radius 2 is 1.67 bits per heavy atom. The van der Waals surface area contributed by atoms with Crippen molar-refractivity contribution in [1.29, 1.82) is 0 Å². The van der Waals surface area contributed by atoms with Gasteiger partial charge in [-0.3, -0.25) is 0 Å². The molecule has 0 radical (unpaired) electrons. The van der Waals surface area contributed by atoms with Crippen LogP contribution in [0, 0.1) is 17.5 Å². The fourth-order valence-corrected chi connectivity index (χ4v) is 0.876. The molecule has 0 aliphatic carbocycles. The highest BCUT2D eigenvalue weighted by molar-refractivity contribution is 5.21. The molecule has 1 aromatic rings. The Morgan fingerprint density at radius 1 is 1.08 bits per heavy atom. The summed E-state index contributed by atoms with van der Waals surface area (Å²) in [6.07, 6.45) is 1.62. The molecule has 0 heterocycles. The van der Waals surface area contributed by atoms with E-state index in [9.17, 15) is 13.2 Å². The zero-order valence-corrected chi connectivity index (χ0v) is 6.28. The maximum Gasteiger partial charge on any atom is 0.161 e. The van der Waals surface area contributed by atoms with Crippen molar-refractivity contribution in [2.75, 3.05) is 0 Å². The van der Waals surface area contributed by atoms with Crippen molar-refractivity contribution in [1.82, 2.24) is 0 Å². The van der Waals surface area contributed by atoms with Gasteiger partial charge >= 0.3 is 0 Å². The Labute approximate surface area is 68.3 Å². The van der Waals surface area contributed by atoms with E-state index in [1.165, 1.54) is 6.08 Å². The minimum Gasteiger partial charge on any atom is -0.207 e. The van der Waals surface area contributed by atoms with E-state index in [2.05, 4.69) is 6.58 Å². The summed E-state index contributed by atoms with van der Waals surface area (Å²) in [4.78, 5) is 0. The van der Waals surface area contributed by atoms with Crippen molar-refractivity contribution in [2.24, 2.45) is 0 Å². The molecule has 0 amide bonds.